The quantitative estimate of drug-likeness (QED) is 0.0274. The van der Waals surface area contributed by atoms with Gasteiger partial charge in [0.25, 0.3) is 0 Å². The summed E-state index contributed by atoms with van der Waals surface area (Å²) in [5.74, 6) is -0.875. The number of esters is 2. The average molecular weight is 805 g/mol. The number of carbonyl (C=O) groups excluding carboxylic acids is 2. The summed E-state index contributed by atoms with van der Waals surface area (Å²) >= 11 is 0. The van der Waals surface area contributed by atoms with Gasteiger partial charge in [-0.05, 0) is 51.4 Å². The molecule has 0 amide bonds. The fourth-order valence-corrected chi connectivity index (χ4v) is 6.40. The smallest absolute Gasteiger partial charge is 0.306 e. The maximum Gasteiger partial charge on any atom is 0.306 e. The Morgan fingerprint density at radius 3 is 1.54 bits per heavy atom. The van der Waals surface area contributed by atoms with Crippen molar-refractivity contribution >= 4 is 11.9 Å². The highest BCUT2D eigenvalue weighted by Gasteiger charge is 2.44. The molecule has 10 heteroatoms. The van der Waals surface area contributed by atoms with Crippen molar-refractivity contribution in [2.24, 2.45) is 0 Å². The van der Waals surface area contributed by atoms with Gasteiger partial charge in [0.1, 0.15) is 31.0 Å². The van der Waals surface area contributed by atoms with E-state index in [0.29, 0.717) is 12.8 Å². The summed E-state index contributed by atoms with van der Waals surface area (Å²) in [4.78, 5) is 25.3. The second-order valence-corrected chi connectivity index (χ2v) is 15.1. The summed E-state index contributed by atoms with van der Waals surface area (Å²) in [6.45, 7) is 3.25. The summed E-state index contributed by atoms with van der Waals surface area (Å²) in [6.07, 6.45) is 38.0. The van der Waals surface area contributed by atoms with E-state index in [1.165, 1.54) is 77.0 Å². The summed E-state index contributed by atoms with van der Waals surface area (Å²) in [6, 6.07) is 0. The zero-order valence-corrected chi connectivity index (χ0v) is 35.6. The molecule has 6 atom stereocenters. The Morgan fingerprint density at radius 2 is 1.04 bits per heavy atom. The van der Waals surface area contributed by atoms with E-state index in [1.54, 1.807) is 0 Å². The van der Waals surface area contributed by atoms with E-state index in [0.717, 1.165) is 51.4 Å². The molecule has 0 bridgehead atoms. The van der Waals surface area contributed by atoms with E-state index >= 15 is 0 Å². The Balaban J connectivity index is 2.38. The summed E-state index contributed by atoms with van der Waals surface area (Å²) in [5, 5.41) is 40.1. The molecule has 0 aromatic heterocycles. The molecule has 1 aliphatic rings. The van der Waals surface area contributed by atoms with Gasteiger partial charge in [-0.2, -0.15) is 0 Å². The number of carbonyl (C=O) groups is 2. The number of aliphatic hydroxyl groups is 4. The fourth-order valence-electron chi connectivity index (χ4n) is 6.40. The van der Waals surface area contributed by atoms with Gasteiger partial charge in [-0.15, -0.1) is 0 Å². The van der Waals surface area contributed by atoms with E-state index in [1.807, 2.05) is 6.08 Å². The number of rotatable bonds is 36. The van der Waals surface area contributed by atoms with Crippen molar-refractivity contribution in [2.75, 3.05) is 19.8 Å². The van der Waals surface area contributed by atoms with Gasteiger partial charge in [0.15, 0.2) is 12.4 Å². The van der Waals surface area contributed by atoms with Crippen LogP contribution < -0.4 is 0 Å². The van der Waals surface area contributed by atoms with Gasteiger partial charge in [-0.3, -0.25) is 9.59 Å². The zero-order valence-electron chi connectivity index (χ0n) is 35.6. The summed E-state index contributed by atoms with van der Waals surface area (Å²) < 4.78 is 22.1. The number of hydrogen-bond acceptors (Lipinski definition) is 10. The Kier molecular flexibility index (Phi) is 34.6. The highest BCUT2D eigenvalue weighted by molar-refractivity contribution is 5.70. The van der Waals surface area contributed by atoms with Crippen LogP contribution in [0.5, 0.6) is 0 Å². The minimum atomic E-state index is -1.61. The van der Waals surface area contributed by atoms with Crippen LogP contribution in [0.2, 0.25) is 0 Å². The molecule has 10 nitrogen and oxygen atoms in total. The highest BCUT2D eigenvalue weighted by Crippen LogP contribution is 2.22. The minimum absolute atomic E-state index is 0.151. The second-order valence-electron chi connectivity index (χ2n) is 15.1. The SMILES string of the molecule is CC/C=C/C/C=C/C/C=C/C/C=C/C/C=C/CCCC(=O)O[C@H](COC(=O)CCCCCCCCCCCCCCCCC)CO[C@@H]1O[C@H](CO)[C@H](O)C(O)C1O. The van der Waals surface area contributed by atoms with Crippen molar-refractivity contribution in [3.63, 3.8) is 0 Å². The molecule has 1 rings (SSSR count). The molecule has 1 aliphatic heterocycles. The Morgan fingerprint density at radius 1 is 0.561 bits per heavy atom. The first-order valence-corrected chi connectivity index (χ1v) is 22.4. The van der Waals surface area contributed by atoms with Crippen molar-refractivity contribution in [3.8, 4) is 0 Å². The molecule has 57 heavy (non-hydrogen) atoms. The van der Waals surface area contributed by atoms with E-state index in [2.05, 4.69) is 68.5 Å². The Hall–Kier alpha value is -2.60. The monoisotopic (exact) mass is 805 g/mol. The van der Waals surface area contributed by atoms with Crippen molar-refractivity contribution in [2.45, 2.75) is 205 Å². The lowest BCUT2D eigenvalue weighted by atomic mass is 9.99. The molecular formula is C47H80O10. The van der Waals surface area contributed by atoms with Crippen LogP contribution >= 0.6 is 0 Å². The maximum atomic E-state index is 12.7. The topological polar surface area (TPSA) is 152 Å². The van der Waals surface area contributed by atoms with E-state index in [4.69, 9.17) is 18.9 Å². The molecule has 328 valence electrons. The highest BCUT2D eigenvalue weighted by atomic mass is 16.7. The molecule has 1 heterocycles. The predicted octanol–water partition coefficient (Wildman–Crippen LogP) is 9.44. The van der Waals surface area contributed by atoms with Crippen LogP contribution in [0.1, 0.15) is 168 Å². The van der Waals surface area contributed by atoms with Crippen molar-refractivity contribution in [1.29, 1.82) is 0 Å². The Bertz CT molecular complexity index is 1110. The first-order chi connectivity index (χ1) is 27.8. The van der Waals surface area contributed by atoms with E-state index < -0.39 is 55.4 Å². The normalized spacial score (nSPS) is 20.8. The van der Waals surface area contributed by atoms with Crippen molar-refractivity contribution in [3.05, 3.63) is 60.8 Å². The fraction of sp³-hybridized carbons (Fsp3) is 0.745. The summed E-state index contributed by atoms with van der Waals surface area (Å²) in [7, 11) is 0. The third-order valence-electron chi connectivity index (χ3n) is 9.92. The number of unbranched alkanes of at least 4 members (excludes halogenated alkanes) is 15. The molecule has 1 saturated heterocycles. The molecule has 1 fully saturated rings. The van der Waals surface area contributed by atoms with Gasteiger partial charge in [0, 0.05) is 12.8 Å². The summed E-state index contributed by atoms with van der Waals surface area (Å²) in [5.41, 5.74) is 0. The first kappa shape index (κ1) is 52.4. The van der Waals surface area contributed by atoms with Crippen LogP contribution in [0.4, 0.5) is 0 Å². The van der Waals surface area contributed by atoms with Crippen LogP contribution in [0.3, 0.4) is 0 Å². The largest absolute Gasteiger partial charge is 0.462 e. The van der Waals surface area contributed by atoms with Crippen LogP contribution in [-0.4, -0.2) is 89.0 Å². The van der Waals surface area contributed by atoms with Crippen LogP contribution in [0, 0.1) is 0 Å². The molecule has 0 aromatic carbocycles. The standard InChI is InChI=1S/C47H80O10/c1-3-5-7-9-11-13-15-17-19-20-22-24-26-28-30-32-34-36-43(50)56-40(39-55-47-46(53)45(52)44(51)41(37-48)57-47)38-54-42(49)35-33-31-29-27-25-23-21-18-16-14-12-10-8-6-4-2/h5,7,11,13,17,19,22,24,28,30,40-41,44-48,51-53H,3-4,6,8-10,12,14-16,18,20-21,23,25-27,29,31-39H2,1-2H3/b7-5+,13-11+,19-17+,24-22+,30-28+/t40-,41-,44+,45?,46?,47-/m1/s1. The van der Waals surface area contributed by atoms with Crippen LogP contribution in [-0.2, 0) is 28.5 Å². The maximum absolute atomic E-state index is 12.7. The zero-order chi connectivity index (χ0) is 41.6. The van der Waals surface area contributed by atoms with Crippen LogP contribution in [0.25, 0.3) is 0 Å². The van der Waals surface area contributed by atoms with Gasteiger partial charge in [-0.25, -0.2) is 0 Å². The Labute approximate surface area is 345 Å². The van der Waals surface area contributed by atoms with Crippen LogP contribution in [0.15, 0.2) is 60.8 Å². The molecule has 0 spiro atoms. The molecule has 4 N–H and O–H groups in total. The number of allylic oxidation sites excluding steroid dienone is 10. The van der Waals surface area contributed by atoms with Gasteiger partial charge >= 0.3 is 11.9 Å². The van der Waals surface area contributed by atoms with Gasteiger partial charge in [-0.1, -0.05) is 164 Å². The van der Waals surface area contributed by atoms with Gasteiger partial charge < -0.3 is 39.4 Å². The number of hydrogen-bond donors (Lipinski definition) is 4. The third kappa shape index (κ3) is 29.3. The number of ether oxygens (including phenoxy) is 4. The third-order valence-corrected chi connectivity index (χ3v) is 9.92. The lowest BCUT2D eigenvalue weighted by Crippen LogP contribution is -2.59. The lowest BCUT2D eigenvalue weighted by molar-refractivity contribution is -0.305. The molecule has 0 saturated carbocycles. The molecule has 2 unspecified atom stereocenters. The molecule has 0 aliphatic carbocycles. The lowest BCUT2D eigenvalue weighted by Gasteiger charge is -2.39. The van der Waals surface area contributed by atoms with E-state index in [9.17, 15) is 30.0 Å². The first-order valence-electron chi connectivity index (χ1n) is 22.4. The molecule has 0 aromatic rings. The molecule has 0 radical (unpaired) electrons. The second kappa shape index (κ2) is 37.7. The van der Waals surface area contributed by atoms with Crippen molar-refractivity contribution < 1.29 is 49.0 Å². The van der Waals surface area contributed by atoms with Gasteiger partial charge in [0.05, 0.1) is 13.2 Å². The predicted molar refractivity (Wildman–Crippen MR) is 228 cm³/mol. The van der Waals surface area contributed by atoms with E-state index in [-0.39, 0.29) is 26.1 Å². The number of aliphatic hydroxyl groups excluding tert-OH is 4. The average Bonchev–Trinajstić information content (AvgIpc) is 3.21. The van der Waals surface area contributed by atoms with Crippen molar-refractivity contribution in [1.82, 2.24) is 0 Å². The molecular weight excluding hydrogens is 725 g/mol. The minimum Gasteiger partial charge on any atom is -0.462 e. The van der Waals surface area contributed by atoms with Gasteiger partial charge in [0.2, 0.25) is 0 Å².